The van der Waals surface area contributed by atoms with Gasteiger partial charge in [-0.15, -0.1) is 0 Å². The van der Waals surface area contributed by atoms with Gasteiger partial charge in [-0.3, -0.25) is 4.79 Å². The molecule has 1 atom stereocenters. The molecule has 0 aliphatic carbocycles. The van der Waals surface area contributed by atoms with Gasteiger partial charge in [-0.1, -0.05) is 26.7 Å². The Bertz CT molecular complexity index is 776. The summed E-state index contributed by atoms with van der Waals surface area (Å²) in [5, 5.41) is 8.72. The molecular weight excluding hydrogens is 336 g/mol. The maximum atomic E-state index is 12.4. The molecule has 0 saturated carbocycles. The Morgan fingerprint density at radius 3 is 2.48 bits per heavy atom. The molecule has 2 heterocycles. The van der Waals surface area contributed by atoms with Crippen molar-refractivity contribution in [2.75, 3.05) is 0 Å². The van der Waals surface area contributed by atoms with Crippen molar-refractivity contribution < 1.29 is 4.79 Å². The lowest BCUT2D eigenvalue weighted by molar-refractivity contribution is -0.121. The number of rotatable bonds is 9. The zero-order valence-corrected chi connectivity index (χ0v) is 18.1. The summed E-state index contributed by atoms with van der Waals surface area (Å²) >= 11 is 0. The van der Waals surface area contributed by atoms with Crippen LogP contribution in [0, 0.1) is 19.8 Å². The van der Waals surface area contributed by atoms with Crippen molar-refractivity contribution in [2.24, 2.45) is 5.92 Å². The molecule has 0 aliphatic rings. The molecular formula is C22H36N4O. The zero-order valence-electron chi connectivity index (χ0n) is 18.1. The molecule has 0 aliphatic heterocycles. The third kappa shape index (κ3) is 5.53. The van der Waals surface area contributed by atoms with Crippen molar-refractivity contribution in [2.45, 2.75) is 92.7 Å². The molecule has 0 saturated heterocycles. The smallest absolute Gasteiger partial charge is 0.220 e. The molecule has 27 heavy (non-hydrogen) atoms. The molecule has 5 heteroatoms. The minimum absolute atomic E-state index is 0.129. The largest absolute Gasteiger partial charge is 0.354 e. The van der Waals surface area contributed by atoms with Gasteiger partial charge in [0.1, 0.15) is 0 Å². The predicted octanol–water partition coefficient (Wildman–Crippen LogP) is 4.89. The van der Waals surface area contributed by atoms with E-state index in [0.29, 0.717) is 6.42 Å². The highest BCUT2D eigenvalue weighted by molar-refractivity contribution is 5.81. The lowest BCUT2D eigenvalue weighted by Gasteiger charge is -2.16. The Balaban J connectivity index is 1.99. The van der Waals surface area contributed by atoms with Gasteiger partial charge in [0.15, 0.2) is 5.65 Å². The summed E-state index contributed by atoms with van der Waals surface area (Å²) < 4.78 is 1.96. The fourth-order valence-corrected chi connectivity index (χ4v) is 3.63. The van der Waals surface area contributed by atoms with Crippen LogP contribution in [0.15, 0.2) is 6.20 Å². The molecule has 0 bridgehead atoms. The lowest BCUT2D eigenvalue weighted by Crippen LogP contribution is -2.32. The van der Waals surface area contributed by atoms with Crippen LogP contribution in [0.5, 0.6) is 0 Å². The molecule has 2 aromatic heterocycles. The Hall–Kier alpha value is -1.91. The fourth-order valence-electron chi connectivity index (χ4n) is 3.63. The zero-order chi connectivity index (χ0) is 20.1. The van der Waals surface area contributed by atoms with Gasteiger partial charge in [0.2, 0.25) is 5.91 Å². The van der Waals surface area contributed by atoms with E-state index in [9.17, 15) is 4.79 Å². The number of fused-ring (bicyclic) bond motifs is 1. The first-order valence-corrected chi connectivity index (χ1v) is 10.3. The summed E-state index contributed by atoms with van der Waals surface area (Å²) in [5.74, 6) is 0.852. The third-order valence-corrected chi connectivity index (χ3v) is 5.25. The summed E-state index contributed by atoms with van der Waals surface area (Å²) in [4.78, 5) is 17.1. The van der Waals surface area contributed by atoms with Crippen molar-refractivity contribution in [3.63, 3.8) is 0 Å². The first-order valence-electron chi connectivity index (χ1n) is 10.3. The van der Waals surface area contributed by atoms with Gasteiger partial charge in [0.05, 0.1) is 6.20 Å². The normalized spacial score (nSPS) is 12.9. The molecule has 0 radical (unpaired) electrons. The standard InChI is InChI=1S/C22H36N4O/c1-14(2)9-8-10-16(5)24-21(27)12-11-19-17(6)20-13-23-26(15(3)4)22(20)25-18(19)7/h13-16H,8-12H2,1-7H3,(H,24,27)/t16-/m0/s1. The average Bonchev–Trinajstić information content (AvgIpc) is 2.98. The highest BCUT2D eigenvalue weighted by atomic mass is 16.1. The van der Waals surface area contributed by atoms with Crippen molar-refractivity contribution in [3.05, 3.63) is 23.0 Å². The van der Waals surface area contributed by atoms with E-state index in [0.717, 1.165) is 41.9 Å². The van der Waals surface area contributed by atoms with Gasteiger partial charge >= 0.3 is 0 Å². The van der Waals surface area contributed by atoms with Crippen molar-refractivity contribution >= 4 is 16.9 Å². The SMILES string of the molecule is Cc1nc2c(cnn2C(C)C)c(C)c1CCC(=O)N[C@@H](C)CCCC(C)C. The maximum absolute atomic E-state index is 12.4. The fraction of sp³-hybridized carbons (Fsp3) is 0.682. The number of carbonyl (C=O) groups excluding carboxylic acids is 1. The molecule has 150 valence electrons. The van der Waals surface area contributed by atoms with Gasteiger partial charge in [-0.05, 0) is 64.5 Å². The van der Waals surface area contributed by atoms with Crippen LogP contribution >= 0.6 is 0 Å². The van der Waals surface area contributed by atoms with Crippen LogP contribution < -0.4 is 5.32 Å². The number of hydrogen-bond acceptors (Lipinski definition) is 3. The summed E-state index contributed by atoms with van der Waals surface area (Å²) in [6.07, 6.45) is 6.55. The highest BCUT2D eigenvalue weighted by Gasteiger charge is 2.16. The first-order chi connectivity index (χ1) is 12.7. The lowest BCUT2D eigenvalue weighted by atomic mass is 10.00. The van der Waals surface area contributed by atoms with Crippen LogP contribution in [0.3, 0.4) is 0 Å². The minimum atomic E-state index is 0.129. The molecule has 0 unspecified atom stereocenters. The first kappa shape index (κ1) is 21.4. The van der Waals surface area contributed by atoms with Crippen LogP contribution in [0.2, 0.25) is 0 Å². The minimum Gasteiger partial charge on any atom is -0.354 e. The molecule has 2 aromatic rings. The van der Waals surface area contributed by atoms with Crippen molar-refractivity contribution in [1.82, 2.24) is 20.1 Å². The molecule has 1 amide bonds. The number of carbonyl (C=O) groups is 1. The van der Waals surface area contributed by atoms with Crippen molar-refractivity contribution in [3.8, 4) is 0 Å². The average molecular weight is 373 g/mol. The molecule has 0 spiro atoms. The second-order valence-corrected chi connectivity index (χ2v) is 8.51. The second-order valence-electron chi connectivity index (χ2n) is 8.51. The molecule has 0 fully saturated rings. The Morgan fingerprint density at radius 1 is 1.15 bits per heavy atom. The summed E-state index contributed by atoms with van der Waals surface area (Å²) in [6.45, 7) is 15.0. The van der Waals surface area contributed by atoms with E-state index in [-0.39, 0.29) is 18.0 Å². The number of pyridine rings is 1. The molecule has 2 rings (SSSR count). The maximum Gasteiger partial charge on any atom is 0.220 e. The molecule has 5 nitrogen and oxygen atoms in total. The summed E-state index contributed by atoms with van der Waals surface area (Å²) in [5.41, 5.74) is 4.31. The highest BCUT2D eigenvalue weighted by Crippen LogP contribution is 2.25. The Labute approximate surface area is 163 Å². The van der Waals surface area contributed by atoms with E-state index < -0.39 is 0 Å². The number of nitrogens with one attached hydrogen (secondary N) is 1. The van der Waals surface area contributed by atoms with E-state index >= 15 is 0 Å². The Kier molecular flexibility index (Phi) is 7.40. The van der Waals surface area contributed by atoms with E-state index in [4.69, 9.17) is 4.98 Å². The van der Waals surface area contributed by atoms with Crippen LogP contribution in [0.4, 0.5) is 0 Å². The van der Waals surface area contributed by atoms with Crippen molar-refractivity contribution in [1.29, 1.82) is 0 Å². The summed E-state index contributed by atoms with van der Waals surface area (Å²) in [6, 6.07) is 0.519. The van der Waals surface area contributed by atoms with Gasteiger partial charge in [-0.25, -0.2) is 9.67 Å². The van der Waals surface area contributed by atoms with Gasteiger partial charge in [0.25, 0.3) is 0 Å². The summed E-state index contributed by atoms with van der Waals surface area (Å²) in [7, 11) is 0. The monoisotopic (exact) mass is 372 g/mol. The van der Waals surface area contributed by atoms with E-state index in [1.165, 1.54) is 17.5 Å². The van der Waals surface area contributed by atoms with Crippen LogP contribution in [0.25, 0.3) is 11.0 Å². The van der Waals surface area contributed by atoms with Gasteiger partial charge < -0.3 is 5.32 Å². The molecule has 1 N–H and O–H groups in total. The van der Waals surface area contributed by atoms with Gasteiger partial charge in [0, 0.05) is 29.6 Å². The third-order valence-electron chi connectivity index (χ3n) is 5.25. The number of aryl methyl sites for hydroxylation is 2. The number of aromatic nitrogens is 3. The number of amides is 1. The van der Waals surface area contributed by atoms with Crippen LogP contribution in [-0.2, 0) is 11.2 Å². The van der Waals surface area contributed by atoms with Gasteiger partial charge in [-0.2, -0.15) is 5.10 Å². The van der Waals surface area contributed by atoms with E-state index in [1.54, 1.807) is 0 Å². The van der Waals surface area contributed by atoms with E-state index in [1.807, 2.05) is 17.8 Å². The quantitative estimate of drug-likeness (QED) is 0.681. The number of hydrogen-bond donors (Lipinski definition) is 1. The topological polar surface area (TPSA) is 59.8 Å². The molecule has 0 aromatic carbocycles. The van der Waals surface area contributed by atoms with E-state index in [2.05, 4.69) is 52.0 Å². The number of nitrogens with zero attached hydrogens (tertiary/aromatic N) is 3. The Morgan fingerprint density at radius 2 is 1.85 bits per heavy atom. The van der Waals surface area contributed by atoms with Crippen LogP contribution in [-0.4, -0.2) is 26.7 Å². The predicted molar refractivity (Wildman–Crippen MR) is 112 cm³/mol. The second kappa shape index (κ2) is 9.34. The van der Waals surface area contributed by atoms with Crippen LogP contribution in [0.1, 0.15) is 83.2 Å².